The van der Waals surface area contributed by atoms with E-state index in [0.29, 0.717) is 27.1 Å². The van der Waals surface area contributed by atoms with Gasteiger partial charge in [0.05, 0.1) is 0 Å². The molecule has 22 heavy (non-hydrogen) atoms. The number of fused-ring (bicyclic) bond motifs is 2. The van der Waals surface area contributed by atoms with Crippen LogP contribution in [-0.2, 0) is 5.41 Å². The summed E-state index contributed by atoms with van der Waals surface area (Å²) in [5.41, 5.74) is 2.74. The Morgan fingerprint density at radius 1 is 0.909 bits per heavy atom. The largest absolute Gasteiger partial charge is 0.289 e. The molecule has 0 N–H and O–H groups in total. The second kappa shape index (κ2) is 5.10. The van der Waals surface area contributed by atoms with Crippen molar-refractivity contribution in [3.63, 3.8) is 0 Å². The van der Waals surface area contributed by atoms with Gasteiger partial charge in [-0.1, -0.05) is 51.1 Å². The van der Waals surface area contributed by atoms with Crippen LogP contribution in [-0.4, -0.2) is 11.6 Å². The van der Waals surface area contributed by atoms with Crippen LogP contribution >= 0.6 is 12.6 Å². The third kappa shape index (κ3) is 2.03. The molecular formula is C19H18O2S. The number of benzene rings is 2. The van der Waals surface area contributed by atoms with Crippen molar-refractivity contribution in [3.05, 3.63) is 64.2 Å². The van der Waals surface area contributed by atoms with E-state index in [9.17, 15) is 9.59 Å². The van der Waals surface area contributed by atoms with Crippen molar-refractivity contribution in [2.24, 2.45) is 0 Å². The van der Waals surface area contributed by atoms with Crippen LogP contribution in [0.25, 0.3) is 0 Å². The summed E-state index contributed by atoms with van der Waals surface area (Å²) in [4.78, 5) is 26.4. The fraction of sp³-hybridized carbons (Fsp3) is 0.263. The highest BCUT2D eigenvalue weighted by Gasteiger charge is 2.35. The van der Waals surface area contributed by atoms with Gasteiger partial charge in [0.25, 0.3) is 0 Å². The lowest BCUT2D eigenvalue weighted by Crippen LogP contribution is -2.27. The molecule has 2 nitrogen and oxygen atoms in total. The molecule has 112 valence electrons. The van der Waals surface area contributed by atoms with Crippen LogP contribution in [0.5, 0.6) is 0 Å². The van der Waals surface area contributed by atoms with Gasteiger partial charge in [-0.25, -0.2) is 0 Å². The van der Waals surface area contributed by atoms with Crippen molar-refractivity contribution in [3.8, 4) is 0 Å². The van der Waals surface area contributed by atoms with Gasteiger partial charge in [0.1, 0.15) is 0 Å². The van der Waals surface area contributed by atoms with Crippen LogP contribution in [0, 0.1) is 0 Å². The SMILES string of the molecule is CCC(C)(C)c1cccc2c1C(=O)c1cccc(S)c1C2=O. The number of rotatable bonds is 2. The minimum atomic E-state index is -0.155. The molecule has 0 aliphatic heterocycles. The zero-order chi connectivity index (χ0) is 16.1. The molecule has 0 saturated carbocycles. The number of carbonyl (C=O) groups is 2. The normalized spacial score (nSPS) is 13.8. The third-order valence-corrected chi connectivity index (χ3v) is 5.04. The second-order valence-corrected chi connectivity index (χ2v) is 6.81. The average molecular weight is 310 g/mol. The van der Waals surface area contributed by atoms with Gasteiger partial charge in [-0.3, -0.25) is 9.59 Å². The van der Waals surface area contributed by atoms with E-state index in [1.807, 2.05) is 12.1 Å². The molecule has 0 aromatic heterocycles. The van der Waals surface area contributed by atoms with Crippen LogP contribution in [0.1, 0.15) is 64.6 Å². The Morgan fingerprint density at radius 3 is 2.09 bits per heavy atom. The smallest absolute Gasteiger partial charge is 0.195 e. The highest BCUT2D eigenvalue weighted by molar-refractivity contribution is 7.80. The van der Waals surface area contributed by atoms with Crippen molar-refractivity contribution < 1.29 is 9.59 Å². The van der Waals surface area contributed by atoms with E-state index >= 15 is 0 Å². The molecule has 1 aliphatic rings. The molecule has 0 fully saturated rings. The van der Waals surface area contributed by atoms with Crippen LogP contribution in [0.15, 0.2) is 41.3 Å². The molecule has 3 heteroatoms. The summed E-state index contributed by atoms with van der Waals surface area (Å²) >= 11 is 4.36. The van der Waals surface area contributed by atoms with E-state index in [1.165, 1.54) is 0 Å². The lowest BCUT2D eigenvalue weighted by Gasteiger charge is -2.29. The molecule has 0 bridgehead atoms. The first-order chi connectivity index (χ1) is 10.4. The summed E-state index contributed by atoms with van der Waals surface area (Å²) in [7, 11) is 0. The first kappa shape index (κ1) is 15.0. The minimum absolute atomic E-state index is 0.0716. The Kier molecular flexibility index (Phi) is 3.48. The molecule has 0 saturated heterocycles. The third-order valence-electron chi connectivity index (χ3n) is 4.66. The predicted molar refractivity (Wildman–Crippen MR) is 90.3 cm³/mol. The Bertz CT molecular complexity index is 803. The zero-order valence-electron chi connectivity index (χ0n) is 12.9. The van der Waals surface area contributed by atoms with Gasteiger partial charge in [0.15, 0.2) is 11.6 Å². The second-order valence-electron chi connectivity index (χ2n) is 6.32. The summed E-state index contributed by atoms with van der Waals surface area (Å²) in [6.07, 6.45) is 0.893. The summed E-state index contributed by atoms with van der Waals surface area (Å²) in [5.74, 6) is -0.179. The molecule has 0 amide bonds. The molecule has 0 unspecified atom stereocenters. The first-order valence-electron chi connectivity index (χ1n) is 7.43. The van der Waals surface area contributed by atoms with Crippen LogP contribution in [0.4, 0.5) is 0 Å². The molecule has 2 aromatic rings. The van der Waals surface area contributed by atoms with Gasteiger partial charge in [0, 0.05) is 27.1 Å². The predicted octanol–water partition coefficient (Wildman–Crippen LogP) is 4.44. The van der Waals surface area contributed by atoms with Gasteiger partial charge in [-0.05, 0) is 23.5 Å². The van der Waals surface area contributed by atoms with Crippen LogP contribution < -0.4 is 0 Å². The van der Waals surface area contributed by atoms with Crippen molar-refractivity contribution in [1.29, 1.82) is 0 Å². The quantitative estimate of drug-likeness (QED) is 0.710. The van der Waals surface area contributed by atoms with E-state index in [2.05, 4.69) is 33.4 Å². The Balaban J connectivity index is 2.34. The van der Waals surface area contributed by atoms with Crippen molar-refractivity contribution in [2.45, 2.75) is 37.5 Å². The van der Waals surface area contributed by atoms with E-state index in [-0.39, 0.29) is 17.0 Å². The van der Waals surface area contributed by atoms with E-state index < -0.39 is 0 Å². The van der Waals surface area contributed by atoms with E-state index in [1.54, 1.807) is 24.3 Å². The maximum absolute atomic E-state index is 13.0. The van der Waals surface area contributed by atoms with E-state index in [0.717, 1.165) is 12.0 Å². The highest BCUT2D eigenvalue weighted by atomic mass is 32.1. The summed E-state index contributed by atoms with van der Waals surface area (Å²) in [5, 5.41) is 0. The molecular weight excluding hydrogens is 292 g/mol. The number of carbonyl (C=O) groups excluding carboxylic acids is 2. The van der Waals surface area contributed by atoms with Gasteiger partial charge < -0.3 is 0 Å². The molecule has 3 rings (SSSR count). The monoisotopic (exact) mass is 310 g/mol. The highest BCUT2D eigenvalue weighted by Crippen LogP contribution is 2.37. The van der Waals surface area contributed by atoms with Gasteiger partial charge in [0.2, 0.25) is 0 Å². The summed E-state index contributed by atoms with van der Waals surface area (Å²) < 4.78 is 0. The first-order valence-corrected chi connectivity index (χ1v) is 7.88. The van der Waals surface area contributed by atoms with Crippen LogP contribution in [0.3, 0.4) is 0 Å². The maximum Gasteiger partial charge on any atom is 0.195 e. The molecule has 2 aromatic carbocycles. The Morgan fingerprint density at radius 2 is 1.45 bits per heavy atom. The lowest BCUT2D eigenvalue weighted by atomic mass is 9.73. The van der Waals surface area contributed by atoms with Crippen molar-refractivity contribution in [2.75, 3.05) is 0 Å². The molecule has 0 heterocycles. The number of thiol groups is 1. The number of hydrogen-bond acceptors (Lipinski definition) is 3. The zero-order valence-corrected chi connectivity index (χ0v) is 13.8. The number of hydrogen-bond donors (Lipinski definition) is 1. The molecule has 0 spiro atoms. The number of ketones is 2. The summed E-state index contributed by atoms with van der Waals surface area (Å²) in [6.45, 7) is 6.30. The fourth-order valence-corrected chi connectivity index (χ4v) is 3.29. The Labute approximate surface area is 136 Å². The molecule has 0 radical (unpaired) electrons. The van der Waals surface area contributed by atoms with Gasteiger partial charge in [-0.15, -0.1) is 12.6 Å². The van der Waals surface area contributed by atoms with Crippen molar-refractivity contribution >= 4 is 24.2 Å². The molecule has 1 aliphatic carbocycles. The van der Waals surface area contributed by atoms with Crippen molar-refractivity contribution in [1.82, 2.24) is 0 Å². The topological polar surface area (TPSA) is 34.1 Å². The van der Waals surface area contributed by atoms with Gasteiger partial charge in [-0.2, -0.15) is 0 Å². The fourth-order valence-electron chi connectivity index (χ4n) is 2.98. The Hall–Kier alpha value is -1.87. The standard InChI is InChI=1S/C19H18O2S/c1-4-19(2,3)13-9-5-7-11-15(13)17(20)12-8-6-10-14(22)16(12)18(11)21/h5-10,22H,4H2,1-3H3. The van der Waals surface area contributed by atoms with E-state index in [4.69, 9.17) is 0 Å². The van der Waals surface area contributed by atoms with Gasteiger partial charge >= 0.3 is 0 Å². The molecule has 0 atom stereocenters. The lowest BCUT2D eigenvalue weighted by molar-refractivity contribution is 0.0975. The maximum atomic E-state index is 13.0. The minimum Gasteiger partial charge on any atom is -0.289 e. The summed E-state index contributed by atoms with van der Waals surface area (Å²) in [6, 6.07) is 10.8. The van der Waals surface area contributed by atoms with Crippen LogP contribution in [0.2, 0.25) is 0 Å². The average Bonchev–Trinajstić information content (AvgIpc) is 2.51.